The molecule has 8 heteroatoms. The van der Waals surface area contributed by atoms with Crippen molar-refractivity contribution in [2.75, 3.05) is 6.54 Å². The lowest BCUT2D eigenvalue weighted by molar-refractivity contribution is -0.385. The monoisotopic (exact) mass is 302 g/mol. The lowest BCUT2D eigenvalue weighted by atomic mass is 10.2. The van der Waals surface area contributed by atoms with Gasteiger partial charge in [0, 0.05) is 18.7 Å². The van der Waals surface area contributed by atoms with E-state index in [1.54, 1.807) is 6.92 Å². The summed E-state index contributed by atoms with van der Waals surface area (Å²) < 4.78 is 39.8. The van der Waals surface area contributed by atoms with Crippen LogP contribution in [0.5, 0.6) is 0 Å². The number of hydrogen-bond acceptors (Lipinski definition) is 4. The van der Waals surface area contributed by atoms with Gasteiger partial charge in [-0.1, -0.05) is 0 Å². The third kappa shape index (κ3) is 2.40. The molecule has 1 saturated heterocycles. The summed E-state index contributed by atoms with van der Waals surface area (Å²) in [6.07, 6.45) is 1.46. The van der Waals surface area contributed by atoms with Crippen molar-refractivity contribution in [1.82, 2.24) is 4.31 Å². The normalized spacial score (nSPS) is 20.2. The van der Waals surface area contributed by atoms with Crippen molar-refractivity contribution in [2.24, 2.45) is 0 Å². The Hall–Kier alpha value is -1.54. The van der Waals surface area contributed by atoms with Gasteiger partial charge in [-0.05, 0) is 32.8 Å². The maximum Gasteiger partial charge on any atom is 0.276 e. The molecule has 0 saturated carbocycles. The van der Waals surface area contributed by atoms with Gasteiger partial charge in [0.2, 0.25) is 10.0 Å². The van der Waals surface area contributed by atoms with Crippen molar-refractivity contribution in [3.63, 3.8) is 0 Å². The molecule has 6 nitrogen and oxygen atoms in total. The summed E-state index contributed by atoms with van der Waals surface area (Å²) in [4.78, 5) is 9.74. The van der Waals surface area contributed by atoms with Gasteiger partial charge in [-0.15, -0.1) is 0 Å². The molecule has 1 atom stereocenters. The van der Waals surface area contributed by atoms with Crippen LogP contribution in [0.15, 0.2) is 17.0 Å². The Morgan fingerprint density at radius 2 is 2.10 bits per heavy atom. The summed E-state index contributed by atoms with van der Waals surface area (Å²) >= 11 is 0. The molecule has 0 aromatic heterocycles. The fourth-order valence-electron chi connectivity index (χ4n) is 2.38. The van der Waals surface area contributed by atoms with Crippen molar-refractivity contribution < 1.29 is 17.7 Å². The Morgan fingerprint density at radius 3 is 2.60 bits per heavy atom. The zero-order valence-electron chi connectivity index (χ0n) is 11.2. The average Bonchev–Trinajstić information content (AvgIpc) is 2.78. The minimum absolute atomic E-state index is 0.163. The number of benzene rings is 1. The average molecular weight is 302 g/mol. The number of nitro benzene ring substituents is 1. The minimum Gasteiger partial charge on any atom is -0.258 e. The summed E-state index contributed by atoms with van der Waals surface area (Å²) in [6.45, 7) is 3.37. The lowest BCUT2D eigenvalue weighted by Crippen LogP contribution is -2.33. The van der Waals surface area contributed by atoms with Crippen LogP contribution in [-0.2, 0) is 10.0 Å². The van der Waals surface area contributed by atoms with E-state index in [-0.39, 0.29) is 16.5 Å². The molecule has 0 bridgehead atoms. The molecule has 1 fully saturated rings. The first-order chi connectivity index (χ1) is 9.25. The van der Waals surface area contributed by atoms with E-state index in [1.165, 1.54) is 11.2 Å². The van der Waals surface area contributed by atoms with Crippen LogP contribution in [-0.4, -0.2) is 30.2 Å². The van der Waals surface area contributed by atoms with Gasteiger partial charge in [0.05, 0.1) is 15.4 Å². The number of sulfonamides is 1. The second kappa shape index (κ2) is 5.10. The van der Waals surface area contributed by atoms with Crippen LogP contribution in [0.1, 0.15) is 25.3 Å². The van der Waals surface area contributed by atoms with E-state index in [9.17, 15) is 22.9 Å². The predicted octanol–water partition coefficient (Wildman–Crippen LogP) is 2.22. The van der Waals surface area contributed by atoms with Crippen LogP contribution in [0.3, 0.4) is 0 Å². The molecule has 0 spiro atoms. The van der Waals surface area contributed by atoms with Gasteiger partial charge in [-0.2, -0.15) is 4.31 Å². The van der Waals surface area contributed by atoms with E-state index in [0.717, 1.165) is 25.0 Å². The summed E-state index contributed by atoms with van der Waals surface area (Å²) in [6, 6.07) is 1.60. The van der Waals surface area contributed by atoms with E-state index < -0.39 is 26.5 Å². The standard InChI is InChI=1S/C12H15FN2O4S/c1-8-4-3-5-14(8)20(18,19)10-6-11(13)9(2)12(7-10)15(16)17/h6-8H,3-5H2,1-2H3. The van der Waals surface area contributed by atoms with Crippen molar-refractivity contribution in [2.45, 2.75) is 37.6 Å². The highest BCUT2D eigenvalue weighted by Crippen LogP contribution is 2.30. The number of nitro groups is 1. The molecule has 1 aromatic rings. The quantitative estimate of drug-likeness (QED) is 0.633. The first-order valence-corrected chi connectivity index (χ1v) is 7.65. The van der Waals surface area contributed by atoms with Crippen LogP contribution in [0, 0.1) is 22.9 Å². The second-order valence-electron chi connectivity index (χ2n) is 4.91. The smallest absolute Gasteiger partial charge is 0.258 e. The Kier molecular flexibility index (Phi) is 3.79. The first-order valence-electron chi connectivity index (χ1n) is 6.21. The maximum absolute atomic E-state index is 13.7. The number of halogens is 1. The fraction of sp³-hybridized carbons (Fsp3) is 0.500. The summed E-state index contributed by atoms with van der Waals surface area (Å²) in [7, 11) is -3.89. The van der Waals surface area contributed by atoms with Crippen molar-refractivity contribution in [1.29, 1.82) is 0 Å². The second-order valence-corrected chi connectivity index (χ2v) is 6.80. The fourth-order valence-corrected chi connectivity index (χ4v) is 4.11. The van der Waals surface area contributed by atoms with E-state index >= 15 is 0 Å². The Labute approximate surface area is 116 Å². The highest BCUT2D eigenvalue weighted by Gasteiger charge is 2.34. The summed E-state index contributed by atoms with van der Waals surface area (Å²) in [5, 5.41) is 10.9. The van der Waals surface area contributed by atoms with E-state index in [4.69, 9.17) is 0 Å². The Balaban J connectivity index is 2.55. The summed E-state index contributed by atoms with van der Waals surface area (Å²) in [5.74, 6) is -0.885. The molecular weight excluding hydrogens is 287 g/mol. The molecule has 1 aliphatic heterocycles. The highest BCUT2D eigenvalue weighted by molar-refractivity contribution is 7.89. The molecule has 1 aromatic carbocycles. The zero-order chi connectivity index (χ0) is 15.1. The minimum atomic E-state index is -3.89. The van der Waals surface area contributed by atoms with Crippen LogP contribution in [0.4, 0.5) is 10.1 Å². The third-order valence-corrected chi connectivity index (χ3v) is 5.58. The van der Waals surface area contributed by atoms with Crippen molar-refractivity contribution in [3.05, 3.63) is 33.6 Å². The molecular formula is C12H15FN2O4S. The van der Waals surface area contributed by atoms with E-state index in [2.05, 4.69) is 0 Å². The molecule has 1 unspecified atom stereocenters. The Morgan fingerprint density at radius 1 is 1.45 bits per heavy atom. The number of hydrogen-bond donors (Lipinski definition) is 0. The molecule has 110 valence electrons. The highest BCUT2D eigenvalue weighted by atomic mass is 32.2. The third-order valence-electron chi connectivity index (χ3n) is 3.59. The van der Waals surface area contributed by atoms with Crippen LogP contribution in [0.2, 0.25) is 0 Å². The molecule has 0 radical (unpaired) electrons. The van der Waals surface area contributed by atoms with E-state index in [1.807, 2.05) is 0 Å². The Bertz CT molecular complexity index is 660. The molecule has 0 amide bonds. The number of nitrogens with zero attached hydrogens (tertiary/aromatic N) is 2. The predicted molar refractivity (Wildman–Crippen MR) is 70.4 cm³/mol. The van der Waals surface area contributed by atoms with Crippen molar-refractivity contribution >= 4 is 15.7 Å². The topological polar surface area (TPSA) is 80.5 Å². The van der Waals surface area contributed by atoms with Gasteiger partial charge >= 0.3 is 0 Å². The first kappa shape index (κ1) is 14.9. The van der Waals surface area contributed by atoms with Gasteiger partial charge in [0.15, 0.2) is 0 Å². The molecule has 1 heterocycles. The van der Waals surface area contributed by atoms with Crippen molar-refractivity contribution in [3.8, 4) is 0 Å². The van der Waals surface area contributed by atoms with Gasteiger partial charge in [0.25, 0.3) is 5.69 Å². The van der Waals surface area contributed by atoms with Crippen LogP contribution in [0.25, 0.3) is 0 Å². The molecule has 20 heavy (non-hydrogen) atoms. The molecule has 2 rings (SSSR count). The maximum atomic E-state index is 13.7. The largest absolute Gasteiger partial charge is 0.276 e. The van der Waals surface area contributed by atoms with Gasteiger partial charge < -0.3 is 0 Å². The summed E-state index contributed by atoms with van der Waals surface area (Å²) in [5.41, 5.74) is -0.682. The SMILES string of the molecule is Cc1c(F)cc(S(=O)(=O)N2CCCC2C)cc1[N+](=O)[O-]. The van der Waals surface area contributed by atoms with Gasteiger partial charge in [0.1, 0.15) is 5.82 Å². The van der Waals surface area contributed by atoms with Crippen LogP contribution < -0.4 is 0 Å². The van der Waals surface area contributed by atoms with Crippen LogP contribution >= 0.6 is 0 Å². The lowest BCUT2D eigenvalue weighted by Gasteiger charge is -2.21. The molecule has 1 aliphatic rings. The van der Waals surface area contributed by atoms with E-state index in [0.29, 0.717) is 6.54 Å². The molecule has 0 aliphatic carbocycles. The van der Waals surface area contributed by atoms with Gasteiger partial charge in [-0.3, -0.25) is 10.1 Å². The zero-order valence-corrected chi connectivity index (χ0v) is 12.0. The number of rotatable bonds is 3. The van der Waals surface area contributed by atoms with Gasteiger partial charge in [-0.25, -0.2) is 12.8 Å². The molecule has 0 N–H and O–H groups in total.